The second kappa shape index (κ2) is 9.20. The molecule has 0 spiro atoms. The van der Waals surface area contributed by atoms with E-state index in [0.29, 0.717) is 11.6 Å². The van der Waals surface area contributed by atoms with Gasteiger partial charge in [0, 0.05) is 11.6 Å². The summed E-state index contributed by atoms with van der Waals surface area (Å²) in [6.45, 7) is 2.37. The fraction of sp³-hybridized carbons (Fsp3) is 0.381. The predicted octanol–water partition coefficient (Wildman–Crippen LogP) is 4.44. The van der Waals surface area contributed by atoms with Crippen molar-refractivity contribution in [2.45, 2.75) is 25.3 Å². The number of nitrogens with zero attached hydrogens (tertiary/aromatic N) is 1. The van der Waals surface area contributed by atoms with Gasteiger partial charge in [-0.05, 0) is 61.8 Å². The second-order valence-corrected chi connectivity index (χ2v) is 7.16. The summed E-state index contributed by atoms with van der Waals surface area (Å²) in [4.78, 5) is 14.9. The Morgan fingerprint density at radius 1 is 1.19 bits per heavy atom. The van der Waals surface area contributed by atoms with E-state index in [4.69, 9.17) is 16.3 Å². The van der Waals surface area contributed by atoms with E-state index in [1.807, 2.05) is 24.3 Å². The van der Waals surface area contributed by atoms with E-state index in [9.17, 15) is 9.18 Å². The third-order valence-corrected chi connectivity index (χ3v) is 5.20. The molecule has 0 aromatic heterocycles. The van der Waals surface area contributed by atoms with E-state index in [0.717, 1.165) is 37.2 Å². The summed E-state index contributed by atoms with van der Waals surface area (Å²) in [5.41, 5.74) is 1.07. The molecule has 0 aliphatic carbocycles. The lowest BCUT2D eigenvalue weighted by Gasteiger charge is -2.35. The third kappa shape index (κ3) is 4.99. The maximum atomic E-state index is 14.0. The Balaban J connectivity index is 1.76. The Hall–Kier alpha value is -2.11. The summed E-state index contributed by atoms with van der Waals surface area (Å²) in [5, 5.41) is 3.22. The Morgan fingerprint density at radius 2 is 1.89 bits per heavy atom. The van der Waals surface area contributed by atoms with Crippen molar-refractivity contribution in [2.75, 3.05) is 26.7 Å². The highest BCUT2D eigenvalue weighted by Crippen LogP contribution is 2.26. The van der Waals surface area contributed by atoms with Gasteiger partial charge in [0.2, 0.25) is 0 Å². The van der Waals surface area contributed by atoms with Crippen LogP contribution in [-0.2, 0) is 0 Å². The van der Waals surface area contributed by atoms with Gasteiger partial charge in [-0.3, -0.25) is 9.69 Å². The molecule has 1 amide bonds. The van der Waals surface area contributed by atoms with Gasteiger partial charge in [-0.15, -0.1) is 0 Å². The first-order valence-electron chi connectivity index (χ1n) is 9.19. The van der Waals surface area contributed by atoms with Gasteiger partial charge in [-0.1, -0.05) is 30.2 Å². The van der Waals surface area contributed by atoms with Crippen LogP contribution >= 0.6 is 11.6 Å². The number of methoxy groups -OCH3 is 1. The average Bonchev–Trinajstić information content (AvgIpc) is 2.71. The zero-order valence-corrected chi connectivity index (χ0v) is 16.1. The minimum atomic E-state index is -0.573. The highest BCUT2D eigenvalue weighted by Gasteiger charge is 2.23. The Bertz CT molecular complexity index is 776. The Morgan fingerprint density at radius 3 is 2.56 bits per heavy atom. The fourth-order valence-electron chi connectivity index (χ4n) is 3.47. The van der Waals surface area contributed by atoms with Gasteiger partial charge in [-0.2, -0.15) is 0 Å². The molecule has 4 nitrogen and oxygen atoms in total. The molecule has 1 atom stereocenters. The molecule has 1 fully saturated rings. The molecule has 1 heterocycles. The number of ether oxygens (including phenoxy) is 1. The van der Waals surface area contributed by atoms with Crippen LogP contribution < -0.4 is 10.1 Å². The normalized spacial score (nSPS) is 16.0. The lowest BCUT2D eigenvalue weighted by atomic mass is 10.0. The molecule has 2 aromatic rings. The first-order valence-corrected chi connectivity index (χ1v) is 9.57. The van der Waals surface area contributed by atoms with Crippen LogP contribution in [0.3, 0.4) is 0 Å². The predicted molar refractivity (Wildman–Crippen MR) is 105 cm³/mol. The molecule has 1 aliphatic rings. The van der Waals surface area contributed by atoms with Crippen molar-refractivity contribution in [3.8, 4) is 5.75 Å². The monoisotopic (exact) mass is 390 g/mol. The zero-order valence-electron chi connectivity index (χ0n) is 15.4. The van der Waals surface area contributed by atoms with Crippen LogP contribution in [0.15, 0.2) is 42.5 Å². The van der Waals surface area contributed by atoms with Gasteiger partial charge in [-0.25, -0.2) is 4.39 Å². The number of halogens is 2. The van der Waals surface area contributed by atoms with E-state index in [2.05, 4.69) is 10.2 Å². The number of carbonyl (C=O) groups excluding carboxylic acids is 1. The van der Waals surface area contributed by atoms with Crippen molar-refractivity contribution >= 4 is 17.5 Å². The molecule has 0 bridgehead atoms. The highest BCUT2D eigenvalue weighted by molar-refractivity contribution is 6.31. The molecule has 2 aromatic carbocycles. The molecule has 27 heavy (non-hydrogen) atoms. The number of nitrogens with one attached hydrogen (secondary N) is 1. The van der Waals surface area contributed by atoms with Crippen molar-refractivity contribution in [2.24, 2.45) is 0 Å². The number of rotatable bonds is 6. The lowest BCUT2D eigenvalue weighted by Crippen LogP contribution is -2.40. The van der Waals surface area contributed by atoms with Crippen LogP contribution in [-0.4, -0.2) is 37.6 Å². The van der Waals surface area contributed by atoms with E-state index in [-0.39, 0.29) is 11.6 Å². The van der Waals surface area contributed by atoms with Crippen molar-refractivity contribution < 1.29 is 13.9 Å². The lowest BCUT2D eigenvalue weighted by molar-refractivity contribution is 0.0920. The minimum Gasteiger partial charge on any atom is -0.497 e. The Kier molecular flexibility index (Phi) is 6.69. The van der Waals surface area contributed by atoms with Crippen LogP contribution in [0.4, 0.5) is 4.39 Å². The molecular weight excluding hydrogens is 367 g/mol. The maximum absolute atomic E-state index is 14.0. The quantitative estimate of drug-likeness (QED) is 0.792. The summed E-state index contributed by atoms with van der Waals surface area (Å²) in [6.07, 6.45) is 3.51. The molecule has 1 N–H and O–H groups in total. The van der Waals surface area contributed by atoms with Gasteiger partial charge in [0.15, 0.2) is 0 Å². The minimum absolute atomic E-state index is 0.0300. The standard InChI is InChI=1S/C21H24ClFN2O2/c1-27-17-8-5-15(6-9-17)20(25-11-3-2-4-12-25)14-24-21(26)18-13-16(22)7-10-19(18)23/h5-10,13,20H,2-4,11-12,14H2,1H3,(H,24,26). The van der Waals surface area contributed by atoms with Gasteiger partial charge >= 0.3 is 0 Å². The third-order valence-electron chi connectivity index (χ3n) is 4.96. The number of likely N-dealkylation sites (tertiary alicyclic amines) is 1. The Labute approximate surface area is 164 Å². The van der Waals surface area contributed by atoms with Gasteiger partial charge in [0.05, 0.1) is 18.7 Å². The van der Waals surface area contributed by atoms with Gasteiger partial charge in [0.1, 0.15) is 11.6 Å². The molecule has 3 rings (SSSR count). The maximum Gasteiger partial charge on any atom is 0.254 e. The van der Waals surface area contributed by atoms with E-state index in [1.54, 1.807) is 7.11 Å². The molecule has 1 unspecified atom stereocenters. The van der Waals surface area contributed by atoms with E-state index < -0.39 is 11.7 Å². The van der Waals surface area contributed by atoms with Crippen LogP contribution in [0, 0.1) is 5.82 Å². The topological polar surface area (TPSA) is 41.6 Å². The van der Waals surface area contributed by atoms with Crippen LogP contribution in [0.2, 0.25) is 5.02 Å². The summed E-state index contributed by atoms with van der Waals surface area (Å²) in [7, 11) is 1.64. The second-order valence-electron chi connectivity index (χ2n) is 6.72. The summed E-state index contributed by atoms with van der Waals surface area (Å²) in [5.74, 6) is -0.234. The number of benzene rings is 2. The zero-order chi connectivity index (χ0) is 19.2. The van der Waals surface area contributed by atoms with Gasteiger partial charge in [0.25, 0.3) is 5.91 Å². The molecule has 0 saturated carbocycles. The SMILES string of the molecule is COc1ccc(C(CNC(=O)c2cc(Cl)ccc2F)N2CCCCC2)cc1. The largest absolute Gasteiger partial charge is 0.497 e. The van der Waals surface area contributed by atoms with E-state index >= 15 is 0 Å². The van der Waals surface area contributed by atoms with Crippen molar-refractivity contribution in [1.82, 2.24) is 10.2 Å². The van der Waals surface area contributed by atoms with Crippen molar-refractivity contribution in [3.05, 3.63) is 64.4 Å². The molecule has 144 valence electrons. The number of hydrogen-bond donors (Lipinski definition) is 1. The van der Waals surface area contributed by atoms with Crippen LogP contribution in [0.5, 0.6) is 5.75 Å². The number of carbonyl (C=O) groups is 1. The molecule has 1 aliphatic heterocycles. The van der Waals surface area contributed by atoms with Crippen molar-refractivity contribution in [3.63, 3.8) is 0 Å². The number of hydrogen-bond acceptors (Lipinski definition) is 3. The van der Waals surface area contributed by atoms with E-state index in [1.165, 1.54) is 24.6 Å². The molecule has 1 saturated heterocycles. The first-order chi connectivity index (χ1) is 13.1. The summed E-state index contributed by atoms with van der Waals surface area (Å²) < 4.78 is 19.2. The molecule has 0 radical (unpaired) electrons. The summed E-state index contributed by atoms with van der Waals surface area (Å²) >= 11 is 5.90. The number of piperidine rings is 1. The molecular formula is C21H24ClFN2O2. The smallest absolute Gasteiger partial charge is 0.254 e. The summed E-state index contributed by atoms with van der Waals surface area (Å²) in [6, 6.07) is 11.9. The first kappa shape index (κ1) is 19.6. The highest BCUT2D eigenvalue weighted by atomic mass is 35.5. The average molecular weight is 391 g/mol. The van der Waals surface area contributed by atoms with Crippen molar-refractivity contribution in [1.29, 1.82) is 0 Å². The number of amides is 1. The fourth-order valence-corrected chi connectivity index (χ4v) is 3.64. The van der Waals surface area contributed by atoms with Gasteiger partial charge < -0.3 is 10.1 Å². The van der Waals surface area contributed by atoms with Crippen LogP contribution in [0.25, 0.3) is 0 Å². The molecule has 6 heteroatoms. The van der Waals surface area contributed by atoms with Crippen LogP contribution in [0.1, 0.15) is 41.2 Å².